The molecule has 0 amide bonds. The van der Waals surface area contributed by atoms with Crippen LogP contribution in [-0.2, 0) is 6.42 Å². The van der Waals surface area contributed by atoms with Gasteiger partial charge in [-0.3, -0.25) is 10.1 Å². The van der Waals surface area contributed by atoms with E-state index in [1.54, 1.807) is 6.07 Å². The van der Waals surface area contributed by atoms with E-state index >= 15 is 0 Å². The van der Waals surface area contributed by atoms with Crippen LogP contribution in [0.1, 0.15) is 29.3 Å². The van der Waals surface area contributed by atoms with Crippen molar-refractivity contribution in [3.05, 3.63) is 44.3 Å². The van der Waals surface area contributed by atoms with E-state index in [4.69, 9.17) is 11.0 Å². The second-order valence-electron chi connectivity index (χ2n) is 4.74. The van der Waals surface area contributed by atoms with Gasteiger partial charge >= 0.3 is 0 Å². The standard InChI is InChI=1S/C15H15N3O2S/c1-3-5-10-14(17)12(8-16)21-15(10)13-9(2)6-4-7-11(13)18(19)20/h4,6-7H,3,5,17H2,1-2H3. The molecule has 0 radical (unpaired) electrons. The number of anilines is 1. The van der Waals surface area contributed by atoms with Crippen LogP contribution in [0.4, 0.5) is 11.4 Å². The predicted molar refractivity (Wildman–Crippen MR) is 84.3 cm³/mol. The SMILES string of the molecule is CCCc1c(-c2c(C)cccc2[N+](=O)[O-])sc(C#N)c1N. The number of nitrogens with two attached hydrogens (primary N) is 1. The molecule has 0 atom stereocenters. The van der Waals surface area contributed by atoms with Crippen molar-refractivity contribution in [3.8, 4) is 16.5 Å². The zero-order valence-corrected chi connectivity index (χ0v) is 12.7. The molecule has 2 N–H and O–H groups in total. The smallest absolute Gasteiger partial charge is 0.278 e. The molecule has 2 aromatic rings. The normalized spacial score (nSPS) is 10.3. The fraction of sp³-hybridized carbons (Fsp3) is 0.267. The maximum atomic E-state index is 11.3. The molecule has 1 aromatic heterocycles. The summed E-state index contributed by atoms with van der Waals surface area (Å²) in [6.07, 6.45) is 1.56. The molecule has 0 aliphatic carbocycles. The van der Waals surface area contributed by atoms with Gasteiger partial charge in [0.15, 0.2) is 0 Å². The van der Waals surface area contributed by atoms with E-state index in [-0.39, 0.29) is 10.6 Å². The lowest BCUT2D eigenvalue weighted by Gasteiger charge is -2.08. The molecule has 6 heteroatoms. The van der Waals surface area contributed by atoms with Gasteiger partial charge in [0.25, 0.3) is 5.69 Å². The van der Waals surface area contributed by atoms with Crippen molar-refractivity contribution in [1.82, 2.24) is 0 Å². The Balaban J connectivity index is 2.79. The molecule has 5 nitrogen and oxygen atoms in total. The third kappa shape index (κ3) is 2.60. The molecule has 1 aromatic carbocycles. The van der Waals surface area contributed by atoms with Gasteiger partial charge in [-0.1, -0.05) is 25.5 Å². The van der Waals surface area contributed by atoms with Crippen LogP contribution in [0.15, 0.2) is 18.2 Å². The van der Waals surface area contributed by atoms with Gasteiger partial charge < -0.3 is 5.73 Å². The maximum Gasteiger partial charge on any atom is 0.278 e. The highest BCUT2D eigenvalue weighted by Crippen LogP contribution is 2.44. The monoisotopic (exact) mass is 301 g/mol. The topological polar surface area (TPSA) is 93.0 Å². The number of nitriles is 1. The zero-order chi connectivity index (χ0) is 15.6. The third-order valence-corrected chi connectivity index (χ3v) is 4.49. The highest BCUT2D eigenvalue weighted by atomic mass is 32.1. The highest BCUT2D eigenvalue weighted by molar-refractivity contribution is 7.17. The molecule has 0 unspecified atom stereocenters. The second-order valence-corrected chi connectivity index (χ2v) is 5.76. The van der Waals surface area contributed by atoms with Crippen molar-refractivity contribution in [2.75, 3.05) is 5.73 Å². The quantitative estimate of drug-likeness (QED) is 0.681. The number of benzene rings is 1. The Morgan fingerprint density at radius 3 is 2.76 bits per heavy atom. The molecule has 0 fully saturated rings. The highest BCUT2D eigenvalue weighted by Gasteiger charge is 2.24. The van der Waals surface area contributed by atoms with Gasteiger partial charge in [0.1, 0.15) is 10.9 Å². The number of nitro benzene ring substituents is 1. The fourth-order valence-electron chi connectivity index (χ4n) is 2.36. The summed E-state index contributed by atoms with van der Waals surface area (Å²) in [4.78, 5) is 12.1. The van der Waals surface area contributed by atoms with Gasteiger partial charge in [0.2, 0.25) is 0 Å². The minimum atomic E-state index is -0.389. The summed E-state index contributed by atoms with van der Waals surface area (Å²) >= 11 is 1.23. The van der Waals surface area contributed by atoms with Gasteiger partial charge in [0.05, 0.1) is 16.2 Å². The maximum absolute atomic E-state index is 11.3. The van der Waals surface area contributed by atoms with Crippen molar-refractivity contribution >= 4 is 22.7 Å². The molecule has 0 saturated heterocycles. The van der Waals surface area contributed by atoms with Gasteiger partial charge in [-0.15, -0.1) is 11.3 Å². The van der Waals surface area contributed by atoms with Crippen LogP contribution < -0.4 is 5.73 Å². The van der Waals surface area contributed by atoms with E-state index in [1.807, 2.05) is 19.9 Å². The van der Waals surface area contributed by atoms with Crippen molar-refractivity contribution < 1.29 is 4.92 Å². The van der Waals surface area contributed by atoms with Crippen LogP contribution >= 0.6 is 11.3 Å². The molecule has 2 rings (SSSR count). The van der Waals surface area contributed by atoms with Gasteiger partial charge in [-0.25, -0.2) is 0 Å². The minimum absolute atomic E-state index is 0.0538. The number of nitrogen functional groups attached to an aromatic ring is 1. The lowest BCUT2D eigenvalue weighted by atomic mass is 9.99. The van der Waals surface area contributed by atoms with E-state index in [0.717, 1.165) is 22.4 Å². The summed E-state index contributed by atoms with van der Waals surface area (Å²) in [7, 11) is 0. The van der Waals surface area contributed by atoms with Crippen molar-refractivity contribution in [2.45, 2.75) is 26.7 Å². The first-order chi connectivity index (χ1) is 10.0. The predicted octanol–water partition coefficient (Wildman–Crippen LogP) is 4.04. The molecule has 0 saturated carbocycles. The van der Waals surface area contributed by atoms with Crippen molar-refractivity contribution in [2.24, 2.45) is 0 Å². The van der Waals surface area contributed by atoms with E-state index in [0.29, 0.717) is 22.5 Å². The number of thiophene rings is 1. The largest absolute Gasteiger partial charge is 0.397 e. The van der Waals surface area contributed by atoms with E-state index in [2.05, 4.69) is 6.07 Å². The number of aryl methyl sites for hydroxylation is 1. The summed E-state index contributed by atoms with van der Waals surface area (Å²) in [6, 6.07) is 7.06. The average Bonchev–Trinajstić information content (AvgIpc) is 2.76. The van der Waals surface area contributed by atoms with Crippen LogP contribution in [0, 0.1) is 28.4 Å². The van der Waals surface area contributed by atoms with Gasteiger partial charge in [-0.05, 0) is 24.5 Å². The molecule has 1 heterocycles. The number of hydrogen-bond donors (Lipinski definition) is 1. The Morgan fingerprint density at radius 1 is 1.48 bits per heavy atom. The number of nitro groups is 1. The first kappa shape index (κ1) is 15.0. The van der Waals surface area contributed by atoms with Crippen LogP contribution in [-0.4, -0.2) is 4.92 Å². The molecular formula is C15H15N3O2S. The lowest BCUT2D eigenvalue weighted by Crippen LogP contribution is -1.97. The third-order valence-electron chi connectivity index (χ3n) is 3.32. The van der Waals surface area contributed by atoms with Gasteiger partial charge in [0, 0.05) is 10.9 Å². The summed E-state index contributed by atoms with van der Waals surface area (Å²) in [5, 5.41) is 20.5. The van der Waals surface area contributed by atoms with E-state index in [9.17, 15) is 10.1 Å². The fourth-order valence-corrected chi connectivity index (χ4v) is 3.55. The lowest BCUT2D eigenvalue weighted by molar-refractivity contribution is -0.384. The summed E-state index contributed by atoms with van der Waals surface area (Å²) in [5.41, 5.74) is 8.77. The van der Waals surface area contributed by atoms with Crippen LogP contribution in [0.2, 0.25) is 0 Å². The summed E-state index contributed by atoms with van der Waals surface area (Å²) in [5.74, 6) is 0. The van der Waals surface area contributed by atoms with Crippen LogP contribution in [0.5, 0.6) is 0 Å². The molecule has 0 bridgehead atoms. The summed E-state index contributed by atoms with van der Waals surface area (Å²) < 4.78 is 0. The first-order valence-corrected chi connectivity index (χ1v) is 7.38. The van der Waals surface area contributed by atoms with Crippen LogP contribution in [0.25, 0.3) is 10.4 Å². The van der Waals surface area contributed by atoms with Crippen molar-refractivity contribution in [3.63, 3.8) is 0 Å². The minimum Gasteiger partial charge on any atom is -0.397 e. The Morgan fingerprint density at radius 2 is 2.19 bits per heavy atom. The molecule has 108 valence electrons. The Hall–Kier alpha value is -2.39. The average molecular weight is 301 g/mol. The Labute approximate surface area is 126 Å². The summed E-state index contributed by atoms with van der Waals surface area (Å²) in [6.45, 7) is 3.85. The molecule has 0 aliphatic rings. The molecular weight excluding hydrogens is 286 g/mol. The second kappa shape index (κ2) is 5.94. The van der Waals surface area contributed by atoms with Gasteiger partial charge in [-0.2, -0.15) is 5.26 Å². The number of rotatable bonds is 4. The van der Waals surface area contributed by atoms with Crippen LogP contribution in [0.3, 0.4) is 0 Å². The van der Waals surface area contributed by atoms with Crippen molar-refractivity contribution in [1.29, 1.82) is 5.26 Å². The number of nitrogens with zero attached hydrogens (tertiary/aromatic N) is 2. The Bertz CT molecular complexity index is 744. The van der Waals surface area contributed by atoms with E-state index in [1.165, 1.54) is 17.4 Å². The molecule has 0 spiro atoms. The molecule has 0 aliphatic heterocycles. The Kier molecular flexibility index (Phi) is 4.24. The number of hydrogen-bond acceptors (Lipinski definition) is 5. The molecule has 21 heavy (non-hydrogen) atoms. The zero-order valence-electron chi connectivity index (χ0n) is 11.8. The first-order valence-electron chi connectivity index (χ1n) is 6.56. The van der Waals surface area contributed by atoms with E-state index < -0.39 is 0 Å².